The molecule has 3 aromatic rings. The Bertz CT molecular complexity index is 706. The Balaban J connectivity index is 1.86. The van der Waals surface area contributed by atoms with Crippen LogP contribution in [0.15, 0.2) is 35.7 Å². The van der Waals surface area contributed by atoms with E-state index in [0.717, 1.165) is 12.0 Å². The zero-order chi connectivity index (χ0) is 14.1. The number of hydrogen-bond donors (Lipinski definition) is 1. The van der Waals surface area contributed by atoms with Crippen LogP contribution < -0.4 is 5.32 Å². The zero-order valence-corrected chi connectivity index (χ0v) is 13.2. The Morgan fingerprint density at radius 2 is 2.10 bits per heavy atom. The first-order valence-electron chi connectivity index (χ1n) is 6.25. The van der Waals surface area contributed by atoms with Crippen molar-refractivity contribution in [3.63, 3.8) is 0 Å². The van der Waals surface area contributed by atoms with Crippen molar-refractivity contribution >= 4 is 43.7 Å². The van der Waals surface area contributed by atoms with Gasteiger partial charge in [0.1, 0.15) is 5.82 Å². The minimum atomic E-state index is -0.368. The molecule has 104 valence electrons. The maximum absolute atomic E-state index is 13.2. The number of benzene rings is 1. The number of thiophene rings is 2. The van der Waals surface area contributed by atoms with Crippen LogP contribution in [0.5, 0.6) is 0 Å². The minimum absolute atomic E-state index is 0.185. The lowest BCUT2D eigenvalue weighted by Crippen LogP contribution is -2.17. The van der Waals surface area contributed by atoms with Gasteiger partial charge in [0, 0.05) is 20.3 Å². The normalized spacial score (nSPS) is 12.9. The smallest absolute Gasteiger partial charge is 0.141 e. The fraction of sp³-hybridized carbons (Fsp3) is 0.200. The van der Waals surface area contributed by atoms with Crippen molar-refractivity contribution in [1.29, 1.82) is 0 Å². The third-order valence-corrected chi connectivity index (χ3v) is 5.77. The van der Waals surface area contributed by atoms with Gasteiger partial charge in [-0.25, -0.2) is 4.39 Å². The molecule has 5 heteroatoms. The molecule has 0 bridgehead atoms. The maximum Gasteiger partial charge on any atom is 0.141 e. The third-order valence-electron chi connectivity index (χ3n) is 3.27. The quantitative estimate of drug-likeness (QED) is 0.690. The molecule has 0 saturated carbocycles. The van der Waals surface area contributed by atoms with E-state index in [9.17, 15) is 4.39 Å². The molecule has 20 heavy (non-hydrogen) atoms. The van der Waals surface area contributed by atoms with E-state index in [1.54, 1.807) is 34.8 Å². The molecule has 0 radical (unpaired) electrons. The second-order valence-corrected chi connectivity index (χ2v) is 7.06. The number of halogens is 2. The number of hydrogen-bond acceptors (Lipinski definition) is 3. The van der Waals surface area contributed by atoms with Gasteiger partial charge in [0.15, 0.2) is 0 Å². The van der Waals surface area contributed by atoms with Gasteiger partial charge < -0.3 is 5.32 Å². The van der Waals surface area contributed by atoms with Crippen LogP contribution in [0.25, 0.3) is 9.40 Å². The Hall–Kier alpha value is -0.940. The molecule has 0 aliphatic carbocycles. The van der Waals surface area contributed by atoms with Crippen LogP contribution in [0.1, 0.15) is 16.5 Å². The fourth-order valence-corrected chi connectivity index (χ4v) is 4.64. The lowest BCUT2D eigenvalue weighted by molar-refractivity contribution is 0.598. The second-order valence-electron chi connectivity index (χ2n) is 4.59. The first-order chi connectivity index (χ1) is 9.67. The van der Waals surface area contributed by atoms with Gasteiger partial charge >= 0.3 is 0 Å². The summed E-state index contributed by atoms with van der Waals surface area (Å²) in [7, 11) is 1.95. The van der Waals surface area contributed by atoms with Gasteiger partial charge in [0.05, 0.1) is 5.02 Å². The summed E-state index contributed by atoms with van der Waals surface area (Å²) >= 11 is 9.40. The zero-order valence-electron chi connectivity index (χ0n) is 10.8. The second kappa shape index (κ2) is 5.82. The van der Waals surface area contributed by atoms with Gasteiger partial charge in [0.25, 0.3) is 0 Å². The van der Waals surface area contributed by atoms with E-state index in [1.807, 2.05) is 7.05 Å². The maximum atomic E-state index is 13.2. The van der Waals surface area contributed by atoms with Crippen LogP contribution >= 0.6 is 34.3 Å². The van der Waals surface area contributed by atoms with E-state index < -0.39 is 0 Å². The van der Waals surface area contributed by atoms with Gasteiger partial charge in [-0.15, -0.1) is 22.7 Å². The SMILES string of the molecule is CNC(Cc1ccc(F)c(Cl)c1)c1cc2sccc2s1. The molecule has 1 unspecified atom stereocenters. The molecule has 2 aromatic heterocycles. The highest BCUT2D eigenvalue weighted by Crippen LogP contribution is 2.34. The van der Waals surface area contributed by atoms with Crippen LogP contribution in [-0.2, 0) is 6.42 Å². The molecule has 0 spiro atoms. The van der Waals surface area contributed by atoms with E-state index in [2.05, 4.69) is 22.8 Å². The molecular weight excluding hydrogens is 313 g/mol. The largest absolute Gasteiger partial charge is 0.312 e. The summed E-state index contributed by atoms with van der Waals surface area (Å²) in [5.74, 6) is -0.368. The van der Waals surface area contributed by atoms with Gasteiger partial charge in [-0.2, -0.15) is 0 Å². The van der Waals surface area contributed by atoms with Gasteiger partial charge in [-0.05, 0) is 48.7 Å². The molecule has 0 amide bonds. The van der Waals surface area contributed by atoms with Crippen molar-refractivity contribution in [3.8, 4) is 0 Å². The molecule has 3 rings (SSSR count). The molecule has 1 atom stereocenters. The monoisotopic (exact) mass is 325 g/mol. The lowest BCUT2D eigenvalue weighted by atomic mass is 10.0. The summed E-state index contributed by atoms with van der Waals surface area (Å²) in [6.45, 7) is 0. The van der Waals surface area contributed by atoms with Crippen LogP contribution in [0, 0.1) is 5.82 Å². The van der Waals surface area contributed by atoms with Crippen LogP contribution in [0.3, 0.4) is 0 Å². The molecule has 0 aliphatic heterocycles. The predicted octanol–water partition coefficient (Wildman–Crippen LogP) is 5.26. The van der Waals surface area contributed by atoms with Crippen molar-refractivity contribution in [1.82, 2.24) is 5.32 Å². The topological polar surface area (TPSA) is 12.0 Å². The Morgan fingerprint density at radius 1 is 1.25 bits per heavy atom. The van der Waals surface area contributed by atoms with Gasteiger partial charge in [0.2, 0.25) is 0 Å². The molecule has 2 heterocycles. The lowest BCUT2D eigenvalue weighted by Gasteiger charge is -2.14. The van der Waals surface area contributed by atoms with E-state index >= 15 is 0 Å². The summed E-state index contributed by atoms with van der Waals surface area (Å²) in [6.07, 6.45) is 0.796. The minimum Gasteiger partial charge on any atom is -0.312 e. The number of rotatable bonds is 4. The van der Waals surface area contributed by atoms with Crippen LogP contribution in [0.2, 0.25) is 5.02 Å². The van der Waals surface area contributed by atoms with E-state index in [-0.39, 0.29) is 16.9 Å². The predicted molar refractivity (Wildman–Crippen MR) is 86.6 cm³/mol. The van der Waals surface area contributed by atoms with Crippen molar-refractivity contribution in [2.75, 3.05) is 7.05 Å². The highest BCUT2D eigenvalue weighted by Gasteiger charge is 2.14. The number of nitrogens with one attached hydrogen (secondary N) is 1. The number of likely N-dealkylation sites (N-methyl/N-ethyl adjacent to an activating group) is 1. The average Bonchev–Trinajstić information content (AvgIpc) is 3.01. The molecule has 0 saturated heterocycles. The third kappa shape index (κ3) is 2.74. The fourth-order valence-electron chi connectivity index (χ4n) is 2.20. The van der Waals surface area contributed by atoms with E-state index in [1.165, 1.54) is 20.3 Å². The highest BCUT2D eigenvalue weighted by molar-refractivity contribution is 7.26. The Labute approximate surface area is 130 Å². The molecule has 1 nitrogen and oxygen atoms in total. The van der Waals surface area contributed by atoms with Crippen molar-refractivity contribution in [3.05, 3.63) is 57.0 Å². The molecule has 0 aliphatic rings. The Morgan fingerprint density at radius 3 is 2.80 bits per heavy atom. The highest BCUT2D eigenvalue weighted by atomic mass is 35.5. The summed E-state index contributed by atoms with van der Waals surface area (Å²) < 4.78 is 15.8. The summed E-state index contributed by atoms with van der Waals surface area (Å²) in [4.78, 5) is 1.30. The first kappa shape index (κ1) is 14.0. The molecule has 0 fully saturated rings. The molecular formula is C15H13ClFNS2. The van der Waals surface area contributed by atoms with Crippen LogP contribution in [0.4, 0.5) is 4.39 Å². The average molecular weight is 326 g/mol. The summed E-state index contributed by atoms with van der Waals surface area (Å²) in [5.41, 5.74) is 1.03. The van der Waals surface area contributed by atoms with E-state index in [0.29, 0.717) is 0 Å². The summed E-state index contributed by atoms with van der Waals surface area (Å²) in [6, 6.07) is 9.53. The Kier molecular flexibility index (Phi) is 4.08. The molecule has 1 aromatic carbocycles. The van der Waals surface area contributed by atoms with Crippen molar-refractivity contribution in [2.45, 2.75) is 12.5 Å². The molecule has 1 N–H and O–H groups in total. The summed E-state index contributed by atoms with van der Waals surface area (Å²) in [5, 5.41) is 5.62. The van der Waals surface area contributed by atoms with Crippen molar-refractivity contribution in [2.24, 2.45) is 0 Å². The number of fused-ring (bicyclic) bond motifs is 1. The van der Waals surface area contributed by atoms with Gasteiger partial charge in [-0.1, -0.05) is 17.7 Å². The van der Waals surface area contributed by atoms with E-state index in [4.69, 9.17) is 11.6 Å². The van der Waals surface area contributed by atoms with Crippen molar-refractivity contribution < 1.29 is 4.39 Å². The first-order valence-corrected chi connectivity index (χ1v) is 8.33. The standard InChI is InChI=1S/C15H13ClFNS2/c1-18-12(7-9-2-3-11(17)10(16)6-9)14-8-15-13(20-14)4-5-19-15/h2-6,8,12,18H,7H2,1H3. The van der Waals surface area contributed by atoms with Crippen LogP contribution in [-0.4, -0.2) is 7.05 Å². The van der Waals surface area contributed by atoms with Gasteiger partial charge in [-0.3, -0.25) is 0 Å².